The van der Waals surface area contributed by atoms with E-state index in [-0.39, 0.29) is 17.6 Å². The van der Waals surface area contributed by atoms with Gasteiger partial charge in [0.15, 0.2) is 0 Å². The third-order valence-electron chi connectivity index (χ3n) is 4.31. The largest absolute Gasteiger partial charge is 0.320 e. The van der Waals surface area contributed by atoms with Crippen LogP contribution in [0.5, 0.6) is 0 Å². The molecule has 0 aliphatic heterocycles. The number of nitrogens with one attached hydrogen (secondary N) is 1. The van der Waals surface area contributed by atoms with Crippen LogP contribution in [0.4, 0.5) is 8.78 Å². The summed E-state index contributed by atoms with van der Waals surface area (Å²) in [7, 11) is 1.92. The van der Waals surface area contributed by atoms with E-state index >= 15 is 0 Å². The smallest absolute Gasteiger partial charge is 0.123 e. The summed E-state index contributed by atoms with van der Waals surface area (Å²) in [6.07, 6.45) is 2.45. The topological polar surface area (TPSA) is 12.0 Å². The molecule has 0 amide bonds. The quantitative estimate of drug-likeness (QED) is 0.905. The van der Waals surface area contributed by atoms with Crippen LogP contribution in [0.25, 0.3) is 0 Å². The zero-order valence-corrected chi connectivity index (χ0v) is 12.1. The van der Waals surface area contributed by atoms with Crippen molar-refractivity contribution in [2.24, 2.45) is 0 Å². The second-order valence-electron chi connectivity index (χ2n) is 5.63. The van der Waals surface area contributed by atoms with Crippen molar-refractivity contribution in [3.05, 3.63) is 70.3 Å². The third-order valence-corrected chi connectivity index (χ3v) is 4.31. The van der Waals surface area contributed by atoms with Gasteiger partial charge in [-0.1, -0.05) is 12.1 Å². The number of benzene rings is 2. The number of halogens is 2. The van der Waals surface area contributed by atoms with E-state index in [9.17, 15) is 8.78 Å². The Morgan fingerprint density at radius 2 is 1.48 bits per heavy atom. The van der Waals surface area contributed by atoms with Crippen molar-refractivity contribution in [3.8, 4) is 0 Å². The molecular formula is C18H19F2N. The minimum Gasteiger partial charge on any atom is -0.320 e. The zero-order chi connectivity index (χ0) is 14.8. The molecule has 0 fully saturated rings. The Morgan fingerprint density at radius 1 is 0.952 bits per heavy atom. The van der Waals surface area contributed by atoms with Crippen LogP contribution in [-0.4, -0.2) is 13.6 Å². The molecule has 1 N–H and O–H groups in total. The first-order valence-electron chi connectivity index (χ1n) is 7.40. The fourth-order valence-corrected chi connectivity index (χ4v) is 3.30. The van der Waals surface area contributed by atoms with Gasteiger partial charge in [0.2, 0.25) is 0 Å². The molecule has 1 aliphatic rings. The average Bonchev–Trinajstić information content (AvgIpc) is 2.61. The van der Waals surface area contributed by atoms with Crippen molar-refractivity contribution in [2.75, 3.05) is 13.6 Å². The standard InChI is InChI=1S/C18H19F2N/c1-21-9-8-18-16-6-4-14(19)10-12(16)2-3-13-11-15(20)5-7-17(13)18/h4-7,10-11,18,21H,2-3,8-9H2,1H3. The molecule has 0 saturated heterocycles. The van der Waals surface area contributed by atoms with Crippen molar-refractivity contribution >= 4 is 0 Å². The van der Waals surface area contributed by atoms with Crippen molar-refractivity contribution < 1.29 is 8.78 Å². The van der Waals surface area contributed by atoms with E-state index in [2.05, 4.69) is 5.32 Å². The number of fused-ring (bicyclic) bond motifs is 2. The second-order valence-corrected chi connectivity index (χ2v) is 5.63. The van der Waals surface area contributed by atoms with Crippen molar-refractivity contribution in [1.82, 2.24) is 5.32 Å². The van der Waals surface area contributed by atoms with Gasteiger partial charge in [-0.25, -0.2) is 8.78 Å². The monoisotopic (exact) mass is 287 g/mol. The van der Waals surface area contributed by atoms with Crippen LogP contribution in [0, 0.1) is 11.6 Å². The Hall–Kier alpha value is -1.74. The Kier molecular flexibility index (Phi) is 4.02. The average molecular weight is 287 g/mol. The molecule has 3 rings (SSSR count). The van der Waals surface area contributed by atoms with Crippen LogP contribution in [0.1, 0.15) is 34.6 Å². The van der Waals surface area contributed by atoms with Crippen LogP contribution in [0.2, 0.25) is 0 Å². The van der Waals surface area contributed by atoms with E-state index in [0.29, 0.717) is 0 Å². The van der Waals surface area contributed by atoms with Gasteiger partial charge in [0.05, 0.1) is 0 Å². The molecule has 110 valence electrons. The maximum absolute atomic E-state index is 13.5. The third kappa shape index (κ3) is 2.84. The molecule has 1 aliphatic carbocycles. The van der Waals surface area contributed by atoms with E-state index in [1.54, 1.807) is 12.1 Å². The number of rotatable bonds is 3. The summed E-state index contributed by atoms with van der Waals surface area (Å²) in [5.41, 5.74) is 4.45. The summed E-state index contributed by atoms with van der Waals surface area (Å²) in [6.45, 7) is 0.873. The molecular weight excluding hydrogens is 268 g/mol. The first kappa shape index (κ1) is 14.2. The van der Waals surface area contributed by atoms with E-state index in [0.717, 1.165) is 36.9 Å². The SMILES string of the molecule is CNCCC1c2ccc(F)cc2CCc2cc(F)ccc21. The maximum atomic E-state index is 13.5. The van der Waals surface area contributed by atoms with Crippen molar-refractivity contribution in [1.29, 1.82) is 0 Å². The highest BCUT2D eigenvalue weighted by Crippen LogP contribution is 2.36. The van der Waals surface area contributed by atoms with Crippen LogP contribution >= 0.6 is 0 Å². The molecule has 0 unspecified atom stereocenters. The summed E-state index contributed by atoms with van der Waals surface area (Å²) in [6, 6.07) is 10.1. The summed E-state index contributed by atoms with van der Waals surface area (Å²) in [4.78, 5) is 0. The Balaban J connectivity index is 2.10. The van der Waals surface area contributed by atoms with Crippen LogP contribution < -0.4 is 5.32 Å². The number of aryl methyl sites for hydroxylation is 2. The Bertz CT molecular complexity index is 598. The van der Waals surface area contributed by atoms with E-state index < -0.39 is 0 Å². The molecule has 0 heterocycles. The minimum atomic E-state index is -0.196. The Labute approximate surface area is 124 Å². The van der Waals surface area contributed by atoms with Crippen LogP contribution in [0.3, 0.4) is 0 Å². The van der Waals surface area contributed by atoms with Gasteiger partial charge < -0.3 is 5.32 Å². The highest BCUT2D eigenvalue weighted by atomic mass is 19.1. The summed E-state index contributed by atoms with van der Waals surface area (Å²) in [5.74, 6) is -0.192. The zero-order valence-electron chi connectivity index (χ0n) is 12.1. The second kappa shape index (κ2) is 5.94. The van der Waals surface area contributed by atoms with Gasteiger partial charge in [-0.3, -0.25) is 0 Å². The lowest BCUT2D eigenvalue weighted by Gasteiger charge is -2.20. The Morgan fingerprint density at radius 3 is 1.95 bits per heavy atom. The van der Waals surface area contributed by atoms with Gasteiger partial charge >= 0.3 is 0 Å². The molecule has 0 spiro atoms. The summed E-state index contributed by atoms with van der Waals surface area (Å²) >= 11 is 0. The predicted octanol–water partition coefficient (Wildman–Crippen LogP) is 3.80. The maximum Gasteiger partial charge on any atom is 0.123 e. The van der Waals surface area contributed by atoms with Gasteiger partial charge in [-0.15, -0.1) is 0 Å². The molecule has 2 aromatic carbocycles. The molecule has 0 aromatic heterocycles. The minimum absolute atomic E-state index is 0.196. The summed E-state index contributed by atoms with van der Waals surface area (Å²) < 4.78 is 27.1. The first-order chi connectivity index (χ1) is 10.2. The fraction of sp³-hybridized carbons (Fsp3) is 0.333. The molecule has 1 nitrogen and oxygen atoms in total. The lowest BCUT2D eigenvalue weighted by molar-refractivity contribution is 0.617. The van der Waals surface area contributed by atoms with Gasteiger partial charge in [0.25, 0.3) is 0 Å². The first-order valence-corrected chi connectivity index (χ1v) is 7.40. The van der Waals surface area contributed by atoms with Crippen LogP contribution in [-0.2, 0) is 12.8 Å². The van der Waals surface area contributed by atoms with Crippen molar-refractivity contribution in [2.45, 2.75) is 25.2 Å². The highest BCUT2D eigenvalue weighted by Gasteiger charge is 2.23. The molecule has 21 heavy (non-hydrogen) atoms. The predicted molar refractivity (Wildman–Crippen MR) is 80.6 cm³/mol. The lowest BCUT2D eigenvalue weighted by atomic mass is 9.85. The molecule has 0 saturated carbocycles. The summed E-state index contributed by atoms with van der Waals surface area (Å²) in [5, 5.41) is 3.17. The van der Waals surface area contributed by atoms with Gasteiger partial charge in [0, 0.05) is 5.92 Å². The molecule has 2 aromatic rings. The molecule has 3 heteroatoms. The number of hydrogen-bond acceptors (Lipinski definition) is 1. The fourth-order valence-electron chi connectivity index (χ4n) is 3.30. The number of hydrogen-bond donors (Lipinski definition) is 1. The van der Waals surface area contributed by atoms with E-state index in [1.165, 1.54) is 23.3 Å². The lowest BCUT2D eigenvalue weighted by Crippen LogP contribution is -2.14. The normalized spacial score (nSPS) is 14.4. The van der Waals surface area contributed by atoms with Crippen molar-refractivity contribution in [3.63, 3.8) is 0 Å². The molecule has 0 atom stereocenters. The van der Waals surface area contributed by atoms with E-state index in [1.807, 2.05) is 19.2 Å². The van der Waals surface area contributed by atoms with Gasteiger partial charge in [0.1, 0.15) is 11.6 Å². The van der Waals surface area contributed by atoms with Gasteiger partial charge in [-0.05, 0) is 79.4 Å². The molecule has 0 radical (unpaired) electrons. The van der Waals surface area contributed by atoms with Gasteiger partial charge in [-0.2, -0.15) is 0 Å². The highest BCUT2D eigenvalue weighted by molar-refractivity contribution is 5.45. The van der Waals surface area contributed by atoms with E-state index in [4.69, 9.17) is 0 Å². The van der Waals surface area contributed by atoms with Crippen LogP contribution in [0.15, 0.2) is 36.4 Å². The molecule has 0 bridgehead atoms.